The average Bonchev–Trinajstić information content (AvgIpc) is 2.70. The van der Waals surface area contributed by atoms with Crippen LogP contribution in [0.15, 0.2) is 42.6 Å². The quantitative estimate of drug-likeness (QED) is 0.891. The Hall–Kier alpha value is -2.02. The van der Waals surface area contributed by atoms with Gasteiger partial charge in [0, 0.05) is 38.5 Å². The highest BCUT2D eigenvalue weighted by atomic mass is 16.5. The van der Waals surface area contributed by atoms with Crippen LogP contribution in [0.5, 0.6) is 0 Å². The molecule has 0 unspecified atom stereocenters. The molecule has 4 rings (SSSR count). The standard InChI is InChI=1S/C20H26N4O2/c1-2-4-16(5-3-1)14-24-10-13-26-15-18(24)20-21-9-6-19(23-20)22-17-7-11-25-12-8-17/h1-6,9,17-18H,7-8,10-15H2,(H,21,22,23)/t18-/m0/s1. The Bertz CT molecular complexity index is 691. The molecule has 0 amide bonds. The van der Waals surface area contributed by atoms with Gasteiger partial charge in [0.15, 0.2) is 0 Å². The Morgan fingerprint density at radius 2 is 1.88 bits per heavy atom. The van der Waals surface area contributed by atoms with Crippen LogP contribution in [0.1, 0.15) is 30.3 Å². The van der Waals surface area contributed by atoms with Crippen LogP contribution < -0.4 is 5.32 Å². The van der Waals surface area contributed by atoms with Gasteiger partial charge in [-0.15, -0.1) is 0 Å². The third-order valence-electron chi connectivity index (χ3n) is 5.01. The van der Waals surface area contributed by atoms with Crippen molar-refractivity contribution in [3.8, 4) is 0 Å². The van der Waals surface area contributed by atoms with Crippen LogP contribution in [-0.4, -0.2) is 53.9 Å². The van der Waals surface area contributed by atoms with Crippen molar-refractivity contribution in [1.29, 1.82) is 0 Å². The fraction of sp³-hybridized carbons (Fsp3) is 0.500. The number of benzene rings is 1. The summed E-state index contributed by atoms with van der Waals surface area (Å²) in [7, 11) is 0. The third-order valence-corrected chi connectivity index (χ3v) is 5.01. The molecule has 6 nitrogen and oxygen atoms in total. The molecule has 1 atom stereocenters. The molecule has 6 heteroatoms. The number of hydrogen-bond donors (Lipinski definition) is 1. The van der Waals surface area contributed by atoms with Gasteiger partial charge in [0.05, 0.1) is 19.3 Å². The first-order valence-electron chi connectivity index (χ1n) is 9.41. The second-order valence-corrected chi connectivity index (χ2v) is 6.88. The van der Waals surface area contributed by atoms with E-state index in [9.17, 15) is 0 Å². The lowest BCUT2D eigenvalue weighted by Gasteiger charge is -2.34. The molecule has 138 valence electrons. The minimum Gasteiger partial charge on any atom is -0.381 e. The monoisotopic (exact) mass is 354 g/mol. The van der Waals surface area contributed by atoms with Crippen molar-refractivity contribution < 1.29 is 9.47 Å². The van der Waals surface area contributed by atoms with E-state index in [1.54, 1.807) is 0 Å². The molecule has 2 aliphatic rings. The van der Waals surface area contributed by atoms with Gasteiger partial charge in [-0.05, 0) is 24.5 Å². The number of rotatable bonds is 5. The molecule has 2 saturated heterocycles. The Morgan fingerprint density at radius 3 is 2.73 bits per heavy atom. The predicted molar refractivity (Wildman–Crippen MR) is 99.9 cm³/mol. The molecule has 2 aromatic rings. The fourth-order valence-corrected chi connectivity index (χ4v) is 3.55. The zero-order chi connectivity index (χ0) is 17.6. The molecular formula is C20H26N4O2. The van der Waals surface area contributed by atoms with Crippen LogP contribution in [0.4, 0.5) is 5.82 Å². The van der Waals surface area contributed by atoms with Crippen molar-refractivity contribution in [3.63, 3.8) is 0 Å². The minimum absolute atomic E-state index is 0.0837. The Kier molecular flexibility index (Phi) is 5.74. The van der Waals surface area contributed by atoms with Gasteiger partial charge in [-0.25, -0.2) is 9.97 Å². The van der Waals surface area contributed by atoms with Crippen LogP contribution in [0.3, 0.4) is 0 Å². The lowest BCUT2D eigenvalue weighted by molar-refractivity contribution is -0.0159. The number of hydrogen-bond acceptors (Lipinski definition) is 6. The van der Waals surface area contributed by atoms with Crippen LogP contribution in [-0.2, 0) is 16.0 Å². The molecule has 2 fully saturated rings. The van der Waals surface area contributed by atoms with Crippen molar-refractivity contribution >= 4 is 5.82 Å². The van der Waals surface area contributed by atoms with Gasteiger partial charge in [0.2, 0.25) is 0 Å². The maximum absolute atomic E-state index is 5.74. The first-order chi connectivity index (χ1) is 12.9. The number of morpholine rings is 1. The lowest BCUT2D eigenvalue weighted by Crippen LogP contribution is -2.40. The minimum atomic E-state index is 0.0837. The zero-order valence-corrected chi connectivity index (χ0v) is 15.0. The van der Waals surface area contributed by atoms with Crippen molar-refractivity contribution in [2.45, 2.75) is 31.5 Å². The van der Waals surface area contributed by atoms with E-state index >= 15 is 0 Å². The molecule has 26 heavy (non-hydrogen) atoms. The Labute approximate surface area is 154 Å². The Balaban J connectivity index is 1.47. The van der Waals surface area contributed by atoms with Gasteiger partial charge >= 0.3 is 0 Å². The van der Waals surface area contributed by atoms with Crippen molar-refractivity contribution in [2.75, 3.05) is 38.3 Å². The average molecular weight is 354 g/mol. The maximum Gasteiger partial charge on any atom is 0.150 e. The van der Waals surface area contributed by atoms with Gasteiger partial charge < -0.3 is 14.8 Å². The van der Waals surface area contributed by atoms with E-state index in [0.717, 1.165) is 57.4 Å². The van der Waals surface area contributed by atoms with Gasteiger partial charge in [-0.1, -0.05) is 30.3 Å². The molecule has 2 aliphatic heterocycles. The molecule has 0 radical (unpaired) electrons. The molecule has 1 N–H and O–H groups in total. The smallest absolute Gasteiger partial charge is 0.150 e. The van der Waals surface area contributed by atoms with E-state index in [1.165, 1.54) is 5.56 Å². The summed E-state index contributed by atoms with van der Waals surface area (Å²) in [5.41, 5.74) is 1.30. The number of ether oxygens (including phenoxy) is 2. The number of nitrogens with zero attached hydrogens (tertiary/aromatic N) is 3. The molecule has 1 aromatic carbocycles. The summed E-state index contributed by atoms with van der Waals surface area (Å²) in [4.78, 5) is 11.8. The zero-order valence-electron chi connectivity index (χ0n) is 15.0. The normalized spacial score (nSPS) is 22.2. The molecule has 1 aromatic heterocycles. The van der Waals surface area contributed by atoms with E-state index in [-0.39, 0.29) is 6.04 Å². The summed E-state index contributed by atoms with van der Waals surface area (Å²) < 4.78 is 11.2. The van der Waals surface area contributed by atoms with Crippen molar-refractivity contribution in [2.24, 2.45) is 0 Å². The second-order valence-electron chi connectivity index (χ2n) is 6.88. The van der Waals surface area contributed by atoms with E-state index in [4.69, 9.17) is 14.5 Å². The lowest BCUT2D eigenvalue weighted by atomic mass is 10.1. The topological polar surface area (TPSA) is 59.5 Å². The van der Waals surface area contributed by atoms with Crippen LogP contribution >= 0.6 is 0 Å². The summed E-state index contributed by atoms with van der Waals surface area (Å²) in [6.07, 6.45) is 3.89. The van der Waals surface area contributed by atoms with E-state index in [2.05, 4.69) is 45.5 Å². The predicted octanol–water partition coefficient (Wildman–Crippen LogP) is 2.64. The molecule has 0 bridgehead atoms. The third kappa shape index (κ3) is 4.38. The molecule has 0 aliphatic carbocycles. The SMILES string of the molecule is c1ccc(CN2CCOC[C@H]2c2nccc(NC3CCOCC3)n2)cc1. The number of aromatic nitrogens is 2. The van der Waals surface area contributed by atoms with Crippen molar-refractivity contribution in [3.05, 3.63) is 54.0 Å². The maximum atomic E-state index is 5.74. The van der Waals surface area contributed by atoms with Gasteiger partial charge in [-0.2, -0.15) is 0 Å². The first kappa shape index (κ1) is 17.4. The van der Waals surface area contributed by atoms with Crippen LogP contribution in [0.25, 0.3) is 0 Å². The fourth-order valence-electron chi connectivity index (χ4n) is 3.55. The summed E-state index contributed by atoms with van der Waals surface area (Å²) in [5.74, 6) is 1.73. The van der Waals surface area contributed by atoms with Gasteiger partial charge in [0.25, 0.3) is 0 Å². The van der Waals surface area contributed by atoms with Crippen molar-refractivity contribution in [1.82, 2.24) is 14.9 Å². The number of anilines is 1. The highest BCUT2D eigenvalue weighted by Gasteiger charge is 2.27. The molecule has 0 saturated carbocycles. The molecule has 0 spiro atoms. The summed E-state index contributed by atoms with van der Waals surface area (Å²) in [6.45, 7) is 4.79. The van der Waals surface area contributed by atoms with Gasteiger partial charge in [-0.3, -0.25) is 4.90 Å². The summed E-state index contributed by atoms with van der Waals surface area (Å²) >= 11 is 0. The first-order valence-corrected chi connectivity index (χ1v) is 9.41. The van der Waals surface area contributed by atoms with E-state index in [1.807, 2.05) is 12.3 Å². The number of nitrogens with one attached hydrogen (secondary N) is 1. The highest BCUT2D eigenvalue weighted by Crippen LogP contribution is 2.24. The molecule has 3 heterocycles. The Morgan fingerprint density at radius 1 is 1.04 bits per heavy atom. The summed E-state index contributed by atoms with van der Waals surface area (Å²) in [5, 5.41) is 3.53. The summed E-state index contributed by atoms with van der Waals surface area (Å²) in [6, 6.07) is 13.0. The molecular weight excluding hydrogens is 328 g/mol. The second kappa shape index (κ2) is 8.58. The van der Waals surface area contributed by atoms with Crippen LogP contribution in [0.2, 0.25) is 0 Å². The largest absolute Gasteiger partial charge is 0.381 e. The van der Waals surface area contributed by atoms with E-state index in [0.29, 0.717) is 12.6 Å². The van der Waals surface area contributed by atoms with Gasteiger partial charge in [0.1, 0.15) is 11.6 Å². The van der Waals surface area contributed by atoms with Crippen LogP contribution in [0, 0.1) is 0 Å². The highest BCUT2D eigenvalue weighted by molar-refractivity contribution is 5.35. The van der Waals surface area contributed by atoms with E-state index < -0.39 is 0 Å².